The number of nitrogens with zero attached hydrogens (tertiary/aromatic N) is 4. The molecule has 7 heteroatoms. The SMILES string of the molecule is CCc1nn(C)c(NN2C(C)CCCC2C)c1[N+](=O)[O-]. The molecular weight excluding hydrogens is 258 g/mol. The van der Waals surface area contributed by atoms with Gasteiger partial charge >= 0.3 is 5.69 Å². The Hall–Kier alpha value is -1.63. The van der Waals surface area contributed by atoms with Crippen LogP contribution in [0.4, 0.5) is 11.5 Å². The molecule has 1 aromatic heterocycles. The van der Waals surface area contributed by atoms with Gasteiger partial charge in [-0.15, -0.1) is 0 Å². The molecule has 0 bridgehead atoms. The molecule has 0 saturated carbocycles. The van der Waals surface area contributed by atoms with Crippen LogP contribution in [0.25, 0.3) is 0 Å². The molecule has 0 aromatic carbocycles. The zero-order valence-corrected chi connectivity index (χ0v) is 12.6. The van der Waals surface area contributed by atoms with Crippen LogP contribution in [0.3, 0.4) is 0 Å². The quantitative estimate of drug-likeness (QED) is 0.677. The lowest BCUT2D eigenvalue weighted by Crippen LogP contribution is -2.47. The van der Waals surface area contributed by atoms with Gasteiger partial charge in [0.25, 0.3) is 0 Å². The van der Waals surface area contributed by atoms with Crippen LogP contribution in [-0.2, 0) is 13.5 Å². The summed E-state index contributed by atoms with van der Waals surface area (Å²) in [6, 6.07) is 0.719. The zero-order chi connectivity index (χ0) is 14.9. The number of hydrazine groups is 1. The molecule has 1 aliphatic rings. The number of aryl methyl sites for hydroxylation is 2. The summed E-state index contributed by atoms with van der Waals surface area (Å²) >= 11 is 0. The van der Waals surface area contributed by atoms with Gasteiger partial charge in [0.05, 0.1) is 4.92 Å². The van der Waals surface area contributed by atoms with Gasteiger partial charge in [-0.05, 0) is 33.1 Å². The Morgan fingerprint density at radius 2 is 2.00 bits per heavy atom. The minimum atomic E-state index is -0.340. The lowest BCUT2D eigenvalue weighted by Gasteiger charge is -2.39. The predicted octanol–water partition coefficient (Wildman–Crippen LogP) is 2.48. The third-order valence-corrected chi connectivity index (χ3v) is 4.04. The summed E-state index contributed by atoms with van der Waals surface area (Å²) in [5, 5.41) is 17.7. The molecule has 0 aliphatic carbocycles. The van der Waals surface area contributed by atoms with Gasteiger partial charge in [-0.1, -0.05) is 13.3 Å². The van der Waals surface area contributed by atoms with Crippen LogP contribution in [0.1, 0.15) is 45.7 Å². The molecule has 1 aliphatic heterocycles. The van der Waals surface area contributed by atoms with Gasteiger partial charge in [0, 0.05) is 19.1 Å². The molecule has 7 nitrogen and oxygen atoms in total. The van der Waals surface area contributed by atoms with Crippen LogP contribution in [0.15, 0.2) is 0 Å². The second kappa shape index (κ2) is 5.78. The summed E-state index contributed by atoms with van der Waals surface area (Å²) in [6.45, 7) is 6.17. The van der Waals surface area contributed by atoms with Crippen molar-refractivity contribution < 1.29 is 4.92 Å². The number of rotatable bonds is 4. The number of aromatic nitrogens is 2. The second-order valence-corrected chi connectivity index (χ2v) is 5.53. The van der Waals surface area contributed by atoms with Crippen molar-refractivity contribution >= 4 is 11.5 Å². The smallest absolute Gasteiger partial charge is 0.297 e. The van der Waals surface area contributed by atoms with Gasteiger partial charge in [-0.25, -0.2) is 9.69 Å². The highest BCUT2D eigenvalue weighted by atomic mass is 16.6. The normalized spacial score (nSPS) is 23.8. The molecule has 1 aromatic rings. The van der Waals surface area contributed by atoms with E-state index >= 15 is 0 Å². The monoisotopic (exact) mass is 281 g/mol. The molecule has 2 unspecified atom stereocenters. The molecule has 2 heterocycles. The van der Waals surface area contributed by atoms with Crippen LogP contribution < -0.4 is 5.43 Å². The minimum absolute atomic E-state index is 0.0972. The Bertz CT molecular complexity index is 489. The van der Waals surface area contributed by atoms with Gasteiger partial charge in [-0.2, -0.15) is 5.10 Å². The van der Waals surface area contributed by atoms with Crippen molar-refractivity contribution in [3.05, 3.63) is 15.8 Å². The predicted molar refractivity (Wildman–Crippen MR) is 77.5 cm³/mol. The van der Waals surface area contributed by atoms with Crippen molar-refractivity contribution in [2.75, 3.05) is 5.43 Å². The maximum absolute atomic E-state index is 11.3. The van der Waals surface area contributed by atoms with E-state index < -0.39 is 0 Å². The Balaban J connectivity index is 2.32. The summed E-state index contributed by atoms with van der Waals surface area (Å²) in [5.74, 6) is 0.479. The van der Waals surface area contributed by atoms with Crippen LogP contribution in [0.5, 0.6) is 0 Å². The minimum Gasteiger partial charge on any atom is -0.297 e. The van der Waals surface area contributed by atoms with Crippen molar-refractivity contribution in [1.29, 1.82) is 0 Å². The van der Waals surface area contributed by atoms with E-state index in [0.717, 1.165) is 12.8 Å². The molecular formula is C13H23N5O2. The third-order valence-electron chi connectivity index (χ3n) is 4.04. The molecule has 1 N–H and O–H groups in total. The Morgan fingerprint density at radius 1 is 1.40 bits per heavy atom. The molecule has 1 saturated heterocycles. The van der Waals surface area contributed by atoms with Crippen molar-refractivity contribution in [3.63, 3.8) is 0 Å². The first-order valence-corrected chi connectivity index (χ1v) is 7.21. The molecule has 2 atom stereocenters. The summed E-state index contributed by atoms with van der Waals surface area (Å²) in [7, 11) is 1.74. The number of nitrogens with one attached hydrogen (secondary N) is 1. The number of hydrogen-bond acceptors (Lipinski definition) is 5. The van der Waals surface area contributed by atoms with Crippen LogP contribution >= 0.6 is 0 Å². The Labute approximate surface area is 119 Å². The van der Waals surface area contributed by atoms with E-state index in [1.165, 1.54) is 6.42 Å². The van der Waals surface area contributed by atoms with E-state index in [2.05, 4.69) is 29.4 Å². The van der Waals surface area contributed by atoms with E-state index in [4.69, 9.17) is 0 Å². The van der Waals surface area contributed by atoms with E-state index in [1.807, 2.05) is 6.92 Å². The third kappa shape index (κ3) is 2.63. The first-order chi connectivity index (χ1) is 9.45. The lowest BCUT2D eigenvalue weighted by molar-refractivity contribution is -0.384. The number of piperidine rings is 1. The van der Waals surface area contributed by atoms with Gasteiger partial charge in [0.2, 0.25) is 5.82 Å². The van der Waals surface area contributed by atoms with Crippen LogP contribution in [0, 0.1) is 10.1 Å². The molecule has 0 amide bonds. The summed E-state index contributed by atoms with van der Waals surface area (Å²) < 4.78 is 1.57. The van der Waals surface area contributed by atoms with E-state index in [1.54, 1.807) is 11.7 Å². The summed E-state index contributed by atoms with van der Waals surface area (Å²) in [4.78, 5) is 11.0. The van der Waals surface area contributed by atoms with Gasteiger partial charge < -0.3 is 0 Å². The molecule has 20 heavy (non-hydrogen) atoms. The first kappa shape index (κ1) is 14.8. The summed E-state index contributed by atoms with van der Waals surface area (Å²) in [6.07, 6.45) is 3.96. The fourth-order valence-corrected chi connectivity index (χ4v) is 2.89. The maximum Gasteiger partial charge on any atom is 0.335 e. The number of hydrogen-bond donors (Lipinski definition) is 1. The van der Waals surface area contributed by atoms with Gasteiger partial charge in [0.15, 0.2) is 0 Å². The van der Waals surface area contributed by atoms with Crippen molar-refractivity contribution in [3.8, 4) is 0 Å². The Kier molecular flexibility index (Phi) is 4.27. The molecule has 0 radical (unpaired) electrons. The van der Waals surface area contributed by atoms with Crippen LogP contribution in [0.2, 0.25) is 0 Å². The molecule has 0 spiro atoms. The van der Waals surface area contributed by atoms with Crippen molar-refractivity contribution in [1.82, 2.24) is 14.8 Å². The Morgan fingerprint density at radius 3 is 2.50 bits per heavy atom. The highest BCUT2D eigenvalue weighted by Crippen LogP contribution is 2.31. The highest BCUT2D eigenvalue weighted by Gasteiger charge is 2.31. The van der Waals surface area contributed by atoms with E-state index in [-0.39, 0.29) is 10.6 Å². The average Bonchev–Trinajstić information content (AvgIpc) is 2.70. The van der Waals surface area contributed by atoms with E-state index in [9.17, 15) is 10.1 Å². The molecule has 1 fully saturated rings. The van der Waals surface area contributed by atoms with Crippen LogP contribution in [-0.4, -0.2) is 31.8 Å². The molecule has 112 valence electrons. The van der Waals surface area contributed by atoms with Crippen molar-refractivity contribution in [2.45, 2.75) is 58.5 Å². The topological polar surface area (TPSA) is 76.2 Å². The zero-order valence-electron chi connectivity index (χ0n) is 12.6. The second-order valence-electron chi connectivity index (χ2n) is 5.53. The fraction of sp³-hybridized carbons (Fsp3) is 0.769. The maximum atomic E-state index is 11.3. The number of nitro groups is 1. The molecule has 2 rings (SSSR count). The van der Waals surface area contributed by atoms with Crippen molar-refractivity contribution in [2.24, 2.45) is 7.05 Å². The van der Waals surface area contributed by atoms with E-state index in [0.29, 0.717) is 30.0 Å². The lowest BCUT2D eigenvalue weighted by atomic mass is 10.00. The fourth-order valence-electron chi connectivity index (χ4n) is 2.89. The average molecular weight is 281 g/mol. The van der Waals surface area contributed by atoms with Gasteiger partial charge in [-0.3, -0.25) is 15.5 Å². The highest BCUT2D eigenvalue weighted by molar-refractivity contribution is 5.59. The number of anilines is 1. The summed E-state index contributed by atoms with van der Waals surface area (Å²) in [5.41, 5.74) is 3.87. The standard InChI is InChI=1S/C13H23N5O2/c1-5-11-12(18(19)20)13(16(4)14-11)15-17-9(2)7-6-8-10(17)3/h9-10,15H,5-8H2,1-4H3. The first-order valence-electron chi connectivity index (χ1n) is 7.21. The van der Waals surface area contributed by atoms with Gasteiger partial charge in [0.1, 0.15) is 5.69 Å². The largest absolute Gasteiger partial charge is 0.335 e.